The molecule has 0 radical (unpaired) electrons. The van der Waals surface area contributed by atoms with E-state index in [-0.39, 0.29) is 11.9 Å². The highest BCUT2D eigenvalue weighted by Gasteiger charge is 2.33. The van der Waals surface area contributed by atoms with Gasteiger partial charge in [-0.3, -0.25) is 9.69 Å². The van der Waals surface area contributed by atoms with Crippen LogP contribution in [0.5, 0.6) is 11.5 Å². The van der Waals surface area contributed by atoms with Gasteiger partial charge in [0.2, 0.25) is 5.91 Å². The van der Waals surface area contributed by atoms with Crippen molar-refractivity contribution in [3.8, 4) is 11.5 Å². The number of rotatable bonds is 5. The first-order valence-corrected chi connectivity index (χ1v) is 9.73. The Kier molecular flexibility index (Phi) is 5.21. The van der Waals surface area contributed by atoms with Crippen LogP contribution in [0.25, 0.3) is 0 Å². The van der Waals surface area contributed by atoms with Gasteiger partial charge in [-0.2, -0.15) is 0 Å². The van der Waals surface area contributed by atoms with Crippen LogP contribution in [0.1, 0.15) is 43.0 Å². The number of methoxy groups -OCH3 is 2. The second-order valence-electron chi connectivity index (χ2n) is 7.34. The smallest absolute Gasteiger partial charge is 0.219 e. The van der Waals surface area contributed by atoms with Crippen molar-refractivity contribution in [2.75, 3.05) is 27.3 Å². The lowest BCUT2D eigenvalue weighted by Crippen LogP contribution is -2.38. The van der Waals surface area contributed by atoms with Gasteiger partial charge in [0, 0.05) is 26.6 Å². The lowest BCUT2D eigenvalue weighted by atomic mass is 10.1. The quantitative estimate of drug-likeness (QED) is 0.784. The summed E-state index contributed by atoms with van der Waals surface area (Å²) in [5.74, 6) is 3.64. The fourth-order valence-electron chi connectivity index (χ4n) is 4.29. The maximum atomic E-state index is 11.7. The third-order valence-corrected chi connectivity index (χ3v) is 5.78. The summed E-state index contributed by atoms with van der Waals surface area (Å²) in [6.07, 6.45) is 2.16. The minimum absolute atomic E-state index is 0.0848. The molecule has 1 atom stereocenters. The molecule has 8 heteroatoms. The Hall–Kier alpha value is -2.61. The number of ether oxygens (including phenoxy) is 2. The van der Waals surface area contributed by atoms with E-state index in [1.807, 2.05) is 23.1 Å². The van der Waals surface area contributed by atoms with E-state index in [1.54, 1.807) is 21.1 Å². The van der Waals surface area contributed by atoms with Crippen LogP contribution in [0, 0.1) is 0 Å². The van der Waals surface area contributed by atoms with E-state index in [4.69, 9.17) is 9.47 Å². The highest BCUT2D eigenvalue weighted by Crippen LogP contribution is 2.37. The predicted octanol–water partition coefficient (Wildman–Crippen LogP) is 1.99. The summed E-state index contributed by atoms with van der Waals surface area (Å²) in [7, 11) is 3.38. The monoisotopic (exact) mass is 385 g/mol. The number of hydrogen-bond acceptors (Lipinski definition) is 6. The zero-order chi connectivity index (χ0) is 19.7. The van der Waals surface area contributed by atoms with Crippen LogP contribution in [0.3, 0.4) is 0 Å². The maximum Gasteiger partial charge on any atom is 0.219 e. The molecule has 1 aromatic carbocycles. The Balaban J connectivity index is 1.59. The lowest BCUT2D eigenvalue weighted by Gasteiger charge is -2.29. The second-order valence-corrected chi connectivity index (χ2v) is 7.34. The van der Waals surface area contributed by atoms with Crippen molar-refractivity contribution in [2.24, 2.45) is 0 Å². The van der Waals surface area contributed by atoms with Gasteiger partial charge in [-0.05, 0) is 31.5 Å². The molecule has 2 aromatic rings. The van der Waals surface area contributed by atoms with Crippen LogP contribution in [-0.2, 0) is 24.4 Å². The van der Waals surface area contributed by atoms with Crippen LogP contribution in [0.2, 0.25) is 0 Å². The zero-order valence-electron chi connectivity index (χ0n) is 16.7. The molecule has 0 spiro atoms. The second kappa shape index (κ2) is 7.79. The molecule has 0 saturated carbocycles. The Morgan fingerprint density at radius 3 is 2.57 bits per heavy atom. The minimum atomic E-state index is 0.0848. The topological polar surface area (TPSA) is 72.7 Å². The first kappa shape index (κ1) is 18.7. The molecular formula is C20H27N5O3. The van der Waals surface area contributed by atoms with E-state index >= 15 is 0 Å². The molecule has 8 nitrogen and oxygen atoms in total. The summed E-state index contributed by atoms with van der Waals surface area (Å²) in [5.41, 5.74) is 1.06. The van der Waals surface area contributed by atoms with E-state index in [2.05, 4.69) is 19.7 Å². The van der Waals surface area contributed by atoms with Crippen molar-refractivity contribution in [1.82, 2.24) is 24.6 Å². The van der Waals surface area contributed by atoms with E-state index in [9.17, 15) is 4.79 Å². The molecule has 2 aliphatic heterocycles. The molecule has 150 valence electrons. The van der Waals surface area contributed by atoms with Crippen molar-refractivity contribution in [3.63, 3.8) is 0 Å². The van der Waals surface area contributed by atoms with E-state index < -0.39 is 0 Å². The molecule has 1 amide bonds. The number of aromatic nitrogens is 3. The number of amides is 1. The molecule has 3 heterocycles. The molecule has 28 heavy (non-hydrogen) atoms. The molecule has 1 aromatic heterocycles. The Labute approximate surface area is 165 Å². The van der Waals surface area contributed by atoms with Gasteiger partial charge in [0.1, 0.15) is 11.5 Å². The third-order valence-electron chi connectivity index (χ3n) is 5.78. The third kappa shape index (κ3) is 3.32. The van der Waals surface area contributed by atoms with Gasteiger partial charge in [-0.15, -0.1) is 10.2 Å². The van der Waals surface area contributed by atoms with Gasteiger partial charge in [-0.1, -0.05) is 6.07 Å². The maximum absolute atomic E-state index is 11.7. The minimum Gasteiger partial charge on any atom is -0.496 e. The Morgan fingerprint density at radius 2 is 1.89 bits per heavy atom. The van der Waals surface area contributed by atoms with Crippen molar-refractivity contribution in [3.05, 3.63) is 35.4 Å². The Morgan fingerprint density at radius 1 is 1.14 bits per heavy atom. The first-order valence-electron chi connectivity index (χ1n) is 9.73. The predicted molar refractivity (Wildman–Crippen MR) is 103 cm³/mol. The van der Waals surface area contributed by atoms with E-state index in [1.165, 1.54) is 0 Å². The van der Waals surface area contributed by atoms with Crippen LogP contribution in [0.4, 0.5) is 0 Å². The van der Waals surface area contributed by atoms with Crippen LogP contribution in [0.15, 0.2) is 18.2 Å². The summed E-state index contributed by atoms with van der Waals surface area (Å²) >= 11 is 0. The molecule has 0 N–H and O–H groups in total. The number of likely N-dealkylation sites (tertiary alicyclic amines) is 1. The summed E-state index contributed by atoms with van der Waals surface area (Å²) in [6, 6.07) is 6.09. The van der Waals surface area contributed by atoms with Crippen LogP contribution in [-0.4, -0.2) is 57.8 Å². The zero-order valence-corrected chi connectivity index (χ0v) is 16.7. The van der Waals surface area contributed by atoms with E-state index in [0.29, 0.717) is 13.1 Å². The van der Waals surface area contributed by atoms with Gasteiger partial charge in [0.25, 0.3) is 0 Å². The number of nitrogens with zero attached hydrogens (tertiary/aromatic N) is 5. The van der Waals surface area contributed by atoms with Crippen molar-refractivity contribution >= 4 is 5.91 Å². The molecular weight excluding hydrogens is 358 g/mol. The number of carbonyl (C=O) groups is 1. The molecule has 2 aliphatic rings. The van der Waals surface area contributed by atoms with Gasteiger partial charge < -0.3 is 18.9 Å². The molecule has 0 bridgehead atoms. The van der Waals surface area contributed by atoms with Crippen molar-refractivity contribution < 1.29 is 14.3 Å². The van der Waals surface area contributed by atoms with E-state index in [0.717, 1.165) is 61.2 Å². The number of carbonyl (C=O) groups excluding carboxylic acids is 1. The number of benzene rings is 1. The summed E-state index contributed by atoms with van der Waals surface area (Å²) in [5, 5.41) is 8.91. The molecule has 1 saturated heterocycles. The summed E-state index contributed by atoms with van der Waals surface area (Å²) < 4.78 is 13.3. The Bertz CT molecular complexity index is 843. The van der Waals surface area contributed by atoms with Gasteiger partial charge in [0.05, 0.1) is 32.4 Å². The number of fused-ring (bicyclic) bond motifs is 1. The normalized spacial score (nSPS) is 19.5. The molecule has 0 aliphatic carbocycles. The molecule has 1 fully saturated rings. The average molecular weight is 385 g/mol. The fourth-order valence-corrected chi connectivity index (χ4v) is 4.29. The molecule has 4 rings (SSSR count). The number of hydrogen-bond donors (Lipinski definition) is 0. The SMILES string of the molecule is COc1cccc(OC)c1CN1CCC[C@@H]1c1nnc2n1CCN(C(C)=O)C2. The van der Waals surface area contributed by atoms with Gasteiger partial charge >= 0.3 is 0 Å². The largest absolute Gasteiger partial charge is 0.496 e. The molecule has 0 unspecified atom stereocenters. The fraction of sp³-hybridized carbons (Fsp3) is 0.550. The lowest BCUT2D eigenvalue weighted by molar-refractivity contribution is -0.130. The highest BCUT2D eigenvalue weighted by molar-refractivity contribution is 5.73. The van der Waals surface area contributed by atoms with Crippen molar-refractivity contribution in [2.45, 2.75) is 45.4 Å². The van der Waals surface area contributed by atoms with Gasteiger partial charge in [0.15, 0.2) is 11.6 Å². The summed E-state index contributed by atoms with van der Waals surface area (Å²) in [6.45, 7) is 5.33. The van der Waals surface area contributed by atoms with Crippen LogP contribution >= 0.6 is 0 Å². The summed E-state index contributed by atoms with van der Waals surface area (Å²) in [4.78, 5) is 15.9. The van der Waals surface area contributed by atoms with Crippen molar-refractivity contribution in [1.29, 1.82) is 0 Å². The average Bonchev–Trinajstić information content (AvgIpc) is 3.33. The standard InChI is InChI=1S/C20H27N5O3/c1-14(26)23-10-11-25-19(13-23)21-22-20(25)16-6-5-9-24(16)12-15-17(27-2)7-4-8-18(15)28-3/h4,7-8,16H,5-6,9-13H2,1-3H3/t16-/m1/s1. The first-order chi connectivity index (χ1) is 13.6. The highest BCUT2D eigenvalue weighted by atomic mass is 16.5. The van der Waals surface area contributed by atoms with Crippen LogP contribution < -0.4 is 9.47 Å². The van der Waals surface area contributed by atoms with Gasteiger partial charge in [-0.25, -0.2) is 0 Å².